The summed E-state index contributed by atoms with van der Waals surface area (Å²) in [5, 5.41) is 0.972. The number of fused-ring (bicyclic) bond motifs is 1. The summed E-state index contributed by atoms with van der Waals surface area (Å²) in [5.74, 6) is -0.602. The van der Waals surface area contributed by atoms with E-state index in [1.165, 1.54) is 12.0 Å². The van der Waals surface area contributed by atoms with Crippen LogP contribution in [0.3, 0.4) is 0 Å². The zero-order valence-corrected chi connectivity index (χ0v) is 11.0. The lowest BCUT2D eigenvalue weighted by Crippen LogP contribution is -2.36. The number of hydrogen-bond donors (Lipinski definition) is 1. The van der Waals surface area contributed by atoms with Gasteiger partial charge in [-0.05, 0) is 19.1 Å². The van der Waals surface area contributed by atoms with Gasteiger partial charge >= 0.3 is 5.97 Å². The third-order valence-electron chi connectivity index (χ3n) is 3.03. The van der Waals surface area contributed by atoms with Gasteiger partial charge in [0.2, 0.25) is 0 Å². The molecule has 1 heterocycles. The summed E-state index contributed by atoms with van der Waals surface area (Å²) in [6.45, 7) is 2.24. The van der Waals surface area contributed by atoms with Gasteiger partial charge in [-0.25, -0.2) is 0 Å². The zero-order valence-electron chi connectivity index (χ0n) is 11.0. The van der Waals surface area contributed by atoms with Crippen LogP contribution in [0.2, 0.25) is 0 Å². The summed E-state index contributed by atoms with van der Waals surface area (Å²) in [7, 11) is 1.31. The summed E-state index contributed by atoms with van der Waals surface area (Å²) in [6.07, 6.45) is 1.79. The fourth-order valence-electron chi connectivity index (χ4n) is 1.98. The molecule has 19 heavy (non-hydrogen) atoms. The van der Waals surface area contributed by atoms with Crippen molar-refractivity contribution in [2.45, 2.75) is 6.92 Å². The van der Waals surface area contributed by atoms with E-state index in [2.05, 4.69) is 9.72 Å². The quantitative estimate of drug-likeness (QED) is 0.853. The number of nitrogens with zero attached hydrogens (tertiary/aromatic N) is 1. The Morgan fingerprint density at radius 3 is 2.79 bits per heavy atom. The Balaban J connectivity index is 2.31. The van der Waals surface area contributed by atoms with Gasteiger partial charge < -0.3 is 14.6 Å². The van der Waals surface area contributed by atoms with E-state index < -0.39 is 5.97 Å². The van der Waals surface area contributed by atoms with E-state index in [0.29, 0.717) is 12.1 Å². The first-order valence-electron chi connectivity index (χ1n) is 6.09. The summed E-state index contributed by atoms with van der Waals surface area (Å²) in [6, 6.07) is 7.42. The average molecular weight is 260 g/mol. The second-order valence-electron chi connectivity index (χ2n) is 4.14. The van der Waals surface area contributed by atoms with Gasteiger partial charge in [0.05, 0.1) is 18.2 Å². The van der Waals surface area contributed by atoms with Crippen LogP contribution < -0.4 is 0 Å². The Labute approximate surface area is 111 Å². The number of amides is 1. The summed E-state index contributed by atoms with van der Waals surface area (Å²) >= 11 is 0. The molecule has 0 saturated heterocycles. The van der Waals surface area contributed by atoms with Crippen LogP contribution in [0, 0.1) is 0 Å². The largest absolute Gasteiger partial charge is 0.468 e. The van der Waals surface area contributed by atoms with E-state index in [9.17, 15) is 9.59 Å². The molecule has 0 spiro atoms. The van der Waals surface area contributed by atoms with Gasteiger partial charge in [-0.15, -0.1) is 0 Å². The first kappa shape index (κ1) is 13.1. The van der Waals surface area contributed by atoms with Crippen molar-refractivity contribution in [1.82, 2.24) is 9.88 Å². The number of carbonyl (C=O) groups excluding carboxylic acids is 2. The number of carbonyl (C=O) groups is 2. The number of rotatable bonds is 4. The number of methoxy groups -OCH3 is 1. The van der Waals surface area contributed by atoms with Gasteiger partial charge in [-0.1, -0.05) is 12.1 Å². The number of hydrogen-bond acceptors (Lipinski definition) is 3. The molecule has 1 aromatic heterocycles. The van der Waals surface area contributed by atoms with Crippen LogP contribution >= 0.6 is 0 Å². The molecule has 1 amide bonds. The Morgan fingerprint density at radius 1 is 1.32 bits per heavy atom. The van der Waals surface area contributed by atoms with Crippen LogP contribution in [-0.2, 0) is 9.53 Å². The number of esters is 1. The molecule has 100 valence electrons. The predicted molar refractivity (Wildman–Crippen MR) is 71.9 cm³/mol. The Bertz CT molecular complexity index is 604. The van der Waals surface area contributed by atoms with E-state index in [-0.39, 0.29) is 12.5 Å². The molecule has 0 aliphatic carbocycles. The fourth-order valence-corrected chi connectivity index (χ4v) is 1.98. The monoisotopic (exact) mass is 260 g/mol. The highest BCUT2D eigenvalue weighted by molar-refractivity contribution is 6.06. The molecule has 0 saturated carbocycles. The van der Waals surface area contributed by atoms with Crippen molar-refractivity contribution in [3.05, 3.63) is 36.0 Å². The molecule has 0 unspecified atom stereocenters. The topological polar surface area (TPSA) is 62.4 Å². The Morgan fingerprint density at radius 2 is 2.11 bits per heavy atom. The zero-order chi connectivity index (χ0) is 13.8. The highest BCUT2D eigenvalue weighted by Crippen LogP contribution is 2.18. The molecule has 5 heteroatoms. The molecule has 2 aromatic rings. The molecule has 0 aliphatic rings. The van der Waals surface area contributed by atoms with Crippen molar-refractivity contribution in [3.63, 3.8) is 0 Å². The van der Waals surface area contributed by atoms with Gasteiger partial charge in [0, 0.05) is 18.1 Å². The smallest absolute Gasteiger partial charge is 0.325 e. The lowest BCUT2D eigenvalue weighted by molar-refractivity contribution is -0.141. The minimum absolute atomic E-state index is 0.0388. The fraction of sp³-hybridized carbons (Fsp3) is 0.286. The number of aromatic amines is 1. The number of ether oxygens (including phenoxy) is 1. The second kappa shape index (κ2) is 5.56. The molecular weight excluding hydrogens is 244 g/mol. The lowest BCUT2D eigenvalue weighted by atomic mass is 10.1. The van der Waals surface area contributed by atoms with Gasteiger partial charge in [-0.2, -0.15) is 0 Å². The average Bonchev–Trinajstić information content (AvgIpc) is 2.91. The SMILES string of the molecule is CCN(CC(=O)OC)C(=O)c1cccc2cc[nH]c12. The highest BCUT2D eigenvalue weighted by Gasteiger charge is 2.19. The number of likely N-dealkylation sites (N-methyl/N-ethyl adjacent to an activating group) is 1. The Hall–Kier alpha value is -2.30. The maximum atomic E-state index is 12.4. The number of H-pyrrole nitrogens is 1. The van der Waals surface area contributed by atoms with E-state index in [0.717, 1.165) is 10.9 Å². The normalized spacial score (nSPS) is 10.4. The van der Waals surface area contributed by atoms with Gasteiger partial charge in [-0.3, -0.25) is 9.59 Å². The predicted octanol–water partition coefficient (Wildman–Crippen LogP) is 1.80. The Kier molecular flexibility index (Phi) is 3.85. The van der Waals surface area contributed by atoms with Crippen LogP contribution in [0.1, 0.15) is 17.3 Å². The molecule has 5 nitrogen and oxygen atoms in total. The molecule has 0 atom stereocenters. The third kappa shape index (κ3) is 2.59. The van der Waals surface area contributed by atoms with Crippen LogP contribution in [0.4, 0.5) is 0 Å². The molecule has 0 aliphatic heterocycles. The van der Waals surface area contributed by atoms with Gasteiger partial charge in [0.25, 0.3) is 5.91 Å². The van der Waals surface area contributed by atoms with E-state index in [1.807, 2.05) is 25.1 Å². The molecule has 1 aromatic carbocycles. The molecule has 0 bridgehead atoms. The molecular formula is C14H16N2O3. The maximum absolute atomic E-state index is 12.4. The standard InChI is InChI=1S/C14H16N2O3/c1-3-16(9-12(17)19-2)14(18)11-6-4-5-10-7-8-15-13(10)11/h4-8,15H,3,9H2,1-2H3. The van der Waals surface area contributed by atoms with E-state index in [1.54, 1.807) is 12.3 Å². The minimum atomic E-state index is -0.422. The van der Waals surface area contributed by atoms with Crippen molar-refractivity contribution < 1.29 is 14.3 Å². The van der Waals surface area contributed by atoms with E-state index in [4.69, 9.17) is 0 Å². The van der Waals surface area contributed by atoms with Gasteiger partial charge in [0.15, 0.2) is 0 Å². The van der Waals surface area contributed by atoms with Crippen LogP contribution in [0.5, 0.6) is 0 Å². The molecule has 0 radical (unpaired) electrons. The van der Waals surface area contributed by atoms with E-state index >= 15 is 0 Å². The summed E-state index contributed by atoms with van der Waals surface area (Å²) in [4.78, 5) is 28.3. The second-order valence-corrected chi connectivity index (χ2v) is 4.14. The van der Waals surface area contributed by atoms with Crippen molar-refractivity contribution in [1.29, 1.82) is 0 Å². The minimum Gasteiger partial charge on any atom is -0.468 e. The van der Waals surface area contributed by atoms with Crippen molar-refractivity contribution in [2.75, 3.05) is 20.2 Å². The van der Waals surface area contributed by atoms with Crippen LogP contribution in [-0.4, -0.2) is 42.0 Å². The number of para-hydroxylation sites is 1. The highest BCUT2D eigenvalue weighted by atomic mass is 16.5. The van der Waals surface area contributed by atoms with Crippen molar-refractivity contribution in [2.24, 2.45) is 0 Å². The van der Waals surface area contributed by atoms with Crippen molar-refractivity contribution in [3.8, 4) is 0 Å². The maximum Gasteiger partial charge on any atom is 0.325 e. The summed E-state index contributed by atoms with van der Waals surface area (Å²) in [5.41, 5.74) is 1.35. The number of aromatic nitrogens is 1. The first-order valence-corrected chi connectivity index (χ1v) is 6.09. The number of nitrogens with one attached hydrogen (secondary N) is 1. The lowest BCUT2D eigenvalue weighted by Gasteiger charge is -2.19. The third-order valence-corrected chi connectivity index (χ3v) is 3.03. The summed E-state index contributed by atoms with van der Waals surface area (Å²) < 4.78 is 4.60. The van der Waals surface area contributed by atoms with Gasteiger partial charge in [0.1, 0.15) is 6.54 Å². The van der Waals surface area contributed by atoms with Crippen LogP contribution in [0.25, 0.3) is 10.9 Å². The van der Waals surface area contributed by atoms with Crippen molar-refractivity contribution >= 4 is 22.8 Å². The molecule has 2 rings (SSSR count). The first-order chi connectivity index (χ1) is 9.17. The number of benzene rings is 1. The molecule has 0 fully saturated rings. The van der Waals surface area contributed by atoms with Crippen LogP contribution in [0.15, 0.2) is 30.5 Å². The molecule has 1 N–H and O–H groups in total.